The summed E-state index contributed by atoms with van der Waals surface area (Å²) in [5.74, 6) is -5.27. The first-order chi connectivity index (χ1) is 16.0. The standard InChI is InChI=1S/C22H24N2O10.Na.H/c25-17-3-1-13(21(31)32)7-15(17)9-23(11-19(27)28)5-6-24(12-20(29)30)10-16-8-14(22(33)34)2-4-18(16)26;;/h1-4,7-8,25-26H,5-6,9-12H2,(H,27,28)(H,29,30)(H,31,32)(H,33,34);;/q;+1;-1. The summed E-state index contributed by atoms with van der Waals surface area (Å²) in [4.78, 5) is 47.8. The van der Waals surface area contributed by atoms with Gasteiger partial charge in [-0.2, -0.15) is 0 Å². The number of nitrogens with zero attached hydrogens (tertiary/aromatic N) is 2. The molecule has 0 aliphatic rings. The maximum atomic E-state index is 11.3. The topological polar surface area (TPSA) is 196 Å². The summed E-state index contributed by atoms with van der Waals surface area (Å²) < 4.78 is 0. The fourth-order valence-electron chi connectivity index (χ4n) is 3.27. The van der Waals surface area contributed by atoms with E-state index >= 15 is 0 Å². The van der Waals surface area contributed by atoms with Gasteiger partial charge in [-0.3, -0.25) is 19.4 Å². The Balaban J connectivity index is 0.00000612. The molecule has 2 rings (SSSR count). The Morgan fingerprint density at radius 3 is 1.29 bits per heavy atom. The fraction of sp³-hybridized carbons (Fsp3) is 0.273. The molecule has 0 saturated carbocycles. The number of hydrogen-bond acceptors (Lipinski definition) is 8. The summed E-state index contributed by atoms with van der Waals surface area (Å²) >= 11 is 0. The number of phenolic OH excluding ortho intramolecular Hbond substituents is 2. The van der Waals surface area contributed by atoms with Gasteiger partial charge in [0, 0.05) is 37.3 Å². The zero-order chi connectivity index (χ0) is 25.4. The van der Waals surface area contributed by atoms with Crippen molar-refractivity contribution < 1.29 is 80.8 Å². The largest absolute Gasteiger partial charge is 1.00 e. The number of benzene rings is 2. The molecule has 0 radical (unpaired) electrons. The number of rotatable bonds is 13. The molecule has 2 aromatic rings. The average molecular weight is 500 g/mol. The summed E-state index contributed by atoms with van der Waals surface area (Å²) in [5.41, 5.74) is 0.171. The number of carboxylic acids is 4. The minimum atomic E-state index is -1.22. The molecule has 0 aromatic heterocycles. The van der Waals surface area contributed by atoms with E-state index in [2.05, 4.69) is 0 Å². The van der Waals surface area contributed by atoms with Gasteiger partial charge in [-0.05, 0) is 36.4 Å². The number of carbonyl (C=O) groups is 4. The number of hydrogen-bond donors (Lipinski definition) is 6. The number of phenols is 2. The first kappa shape index (κ1) is 29.9. The minimum absolute atomic E-state index is 0. The molecular weight excluding hydrogens is 475 g/mol. The molecular formula is C22H25N2NaO10. The zero-order valence-electron chi connectivity index (χ0n) is 19.9. The first-order valence-corrected chi connectivity index (χ1v) is 9.95. The molecule has 0 aliphatic carbocycles. The van der Waals surface area contributed by atoms with Crippen LogP contribution in [0.2, 0.25) is 0 Å². The third-order valence-corrected chi connectivity index (χ3v) is 4.89. The van der Waals surface area contributed by atoms with Crippen LogP contribution in [0.4, 0.5) is 0 Å². The maximum Gasteiger partial charge on any atom is 1.00 e. The van der Waals surface area contributed by atoms with Crippen molar-refractivity contribution in [1.82, 2.24) is 9.80 Å². The maximum absolute atomic E-state index is 11.3. The Morgan fingerprint density at radius 2 is 1.00 bits per heavy atom. The Labute approximate surface area is 223 Å². The van der Waals surface area contributed by atoms with E-state index in [1.165, 1.54) is 46.2 Å². The van der Waals surface area contributed by atoms with Crippen LogP contribution < -0.4 is 29.6 Å². The van der Waals surface area contributed by atoms with Crippen LogP contribution in [0, 0.1) is 0 Å². The first-order valence-electron chi connectivity index (χ1n) is 9.95. The van der Waals surface area contributed by atoms with E-state index in [0.717, 1.165) is 0 Å². The second-order valence-electron chi connectivity index (χ2n) is 7.51. The fourth-order valence-corrected chi connectivity index (χ4v) is 3.27. The predicted octanol–water partition coefficient (Wildman–Crippen LogP) is -1.92. The zero-order valence-corrected chi connectivity index (χ0v) is 20.9. The van der Waals surface area contributed by atoms with E-state index in [4.69, 9.17) is 10.2 Å². The molecule has 0 heterocycles. The van der Waals surface area contributed by atoms with E-state index in [-0.39, 0.29) is 90.9 Å². The molecule has 0 amide bonds. The van der Waals surface area contributed by atoms with Gasteiger partial charge >= 0.3 is 53.4 Å². The second kappa shape index (κ2) is 13.7. The number of aromatic hydroxyl groups is 2. The third-order valence-electron chi connectivity index (χ3n) is 4.89. The summed E-state index contributed by atoms with van der Waals surface area (Å²) in [6.07, 6.45) is 0. The van der Waals surface area contributed by atoms with Crippen molar-refractivity contribution in [3.05, 3.63) is 58.7 Å². The van der Waals surface area contributed by atoms with Gasteiger partial charge in [0.1, 0.15) is 11.5 Å². The molecule has 0 saturated heterocycles. The number of aliphatic carboxylic acids is 2. The van der Waals surface area contributed by atoms with Crippen molar-refractivity contribution in [3.63, 3.8) is 0 Å². The third kappa shape index (κ3) is 9.54. The summed E-state index contributed by atoms with van der Waals surface area (Å²) in [6.45, 7) is -1.18. The molecule has 35 heavy (non-hydrogen) atoms. The smallest absolute Gasteiger partial charge is 1.00 e. The molecule has 0 fully saturated rings. The minimum Gasteiger partial charge on any atom is -1.00 e. The van der Waals surface area contributed by atoms with Crippen LogP contribution in [0.5, 0.6) is 11.5 Å². The van der Waals surface area contributed by atoms with Gasteiger partial charge in [0.25, 0.3) is 0 Å². The van der Waals surface area contributed by atoms with Crippen LogP contribution in [0.1, 0.15) is 33.3 Å². The van der Waals surface area contributed by atoms with Crippen molar-refractivity contribution in [2.24, 2.45) is 0 Å². The summed E-state index contributed by atoms with van der Waals surface area (Å²) in [7, 11) is 0. The van der Waals surface area contributed by atoms with Crippen LogP contribution in [-0.4, -0.2) is 90.5 Å². The van der Waals surface area contributed by atoms with E-state index in [0.29, 0.717) is 0 Å². The molecule has 184 valence electrons. The molecule has 0 aliphatic heterocycles. The summed E-state index contributed by atoms with van der Waals surface area (Å²) in [6, 6.07) is 7.22. The molecule has 0 unspecified atom stereocenters. The molecule has 0 bridgehead atoms. The SMILES string of the molecule is O=C(O)CN(CCN(CC(=O)O)Cc1cc(C(=O)O)ccc1O)Cc1cc(C(=O)O)ccc1O.[H-].[Na+]. The van der Waals surface area contributed by atoms with Crippen molar-refractivity contribution >= 4 is 23.9 Å². The van der Waals surface area contributed by atoms with Crippen LogP contribution >= 0.6 is 0 Å². The van der Waals surface area contributed by atoms with Gasteiger partial charge in [-0.15, -0.1) is 0 Å². The van der Waals surface area contributed by atoms with Gasteiger partial charge in [0.2, 0.25) is 0 Å². The van der Waals surface area contributed by atoms with Gasteiger partial charge < -0.3 is 32.1 Å². The molecule has 2 aromatic carbocycles. The van der Waals surface area contributed by atoms with Crippen LogP contribution in [0.25, 0.3) is 0 Å². The Kier molecular flexibility index (Phi) is 11.7. The Morgan fingerprint density at radius 1 is 0.657 bits per heavy atom. The van der Waals surface area contributed by atoms with Crippen molar-refractivity contribution in [2.75, 3.05) is 26.2 Å². The van der Waals surface area contributed by atoms with E-state index in [9.17, 15) is 39.6 Å². The van der Waals surface area contributed by atoms with Crippen LogP contribution in [0.15, 0.2) is 36.4 Å². The van der Waals surface area contributed by atoms with Gasteiger partial charge in [-0.1, -0.05) is 0 Å². The van der Waals surface area contributed by atoms with Gasteiger partial charge in [-0.25, -0.2) is 9.59 Å². The summed E-state index contributed by atoms with van der Waals surface area (Å²) in [5, 5.41) is 56.9. The average Bonchev–Trinajstić information content (AvgIpc) is 2.73. The van der Waals surface area contributed by atoms with E-state index in [1.807, 2.05) is 0 Å². The quantitative estimate of drug-likeness (QED) is 0.167. The van der Waals surface area contributed by atoms with E-state index < -0.39 is 37.0 Å². The molecule has 6 N–H and O–H groups in total. The van der Waals surface area contributed by atoms with Crippen molar-refractivity contribution in [1.29, 1.82) is 0 Å². The second-order valence-corrected chi connectivity index (χ2v) is 7.51. The Hall–Kier alpha value is -3.16. The van der Waals surface area contributed by atoms with Crippen LogP contribution in [0.3, 0.4) is 0 Å². The number of carboxylic acid groups (broad SMARTS) is 4. The van der Waals surface area contributed by atoms with Crippen molar-refractivity contribution in [3.8, 4) is 11.5 Å². The van der Waals surface area contributed by atoms with E-state index in [1.54, 1.807) is 0 Å². The normalized spacial score (nSPS) is 10.7. The van der Waals surface area contributed by atoms with Crippen LogP contribution in [-0.2, 0) is 22.7 Å². The molecule has 13 heteroatoms. The Bertz CT molecular complexity index is 1010. The molecule has 0 atom stereocenters. The van der Waals surface area contributed by atoms with Crippen molar-refractivity contribution in [2.45, 2.75) is 13.1 Å². The molecule has 0 spiro atoms. The molecule has 12 nitrogen and oxygen atoms in total. The number of aromatic carboxylic acids is 2. The predicted molar refractivity (Wildman–Crippen MR) is 117 cm³/mol. The van der Waals surface area contributed by atoms with Gasteiger partial charge in [0.05, 0.1) is 24.2 Å². The van der Waals surface area contributed by atoms with Gasteiger partial charge in [0.15, 0.2) is 0 Å². The monoisotopic (exact) mass is 500 g/mol.